The van der Waals surface area contributed by atoms with Gasteiger partial charge in [-0.3, -0.25) is 9.59 Å². The summed E-state index contributed by atoms with van der Waals surface area (Å²) in [6.07, 6.45) is 3.71. The molecular formula is C26H36N6O4S. The van der Waals surface area contributed by atoms with Crippen LogP contribution in [0.25, 0.3) is 10.9 Å². The lowest BCUT2D eigenvalue weighted by Gasteiger charge is -2.32. The quantitative estimate of drug-likeness (QED) is 0.458. The van der Waals surface area contributed by atoms with Gasteiger partial charge >= 0.3 is 0 Å². The number of para-hydroxylation sites is 1. The van der Waals surface area contributed by atoms with E-state index in [0.717, 1.165) is 23.7 Å². The van der Waals surface area contributed by atoms with E-state index in [1.165, 1.54) is 4.31 Å². The normalized spacial score (nSPS) is 22.5. The summed E-state index contributed by atoms with van der Waals surface area (Å²) >= 11 is 0. The maximum absolute atomic E-state index is 13.6. The summed E-state index contributed by atoms with van der Waals surface area (Å²) in [4.78, 5) is 26.7. The van der Waals surface area contributed by atoms with Crippen LogP contribution < -0.4 is 15.4 Å². The van der Waals surface area contributed by atoms with Gasteiger partial charge in [-0.1, -0.05) is 44.9 Å². The van der Waals surface area contributed by atoms with Crippen molar-refractivity contribution < 1.29 is 18.0 Å². The van der Waals surface area contributed by atoms with Crippen LogP contribution in [0.15, 0.2) is 30.3 Å². The molecule has 3 N–H and O–H groups in total. The zero-order valence-electron chi connectivity index (χ0n) is 21.4. The Kier molecular flexibility index (Phi) is 8.52. The number of nitrogens with one attached hydrogen (secondary N) is 3. The van der Waals surface area contributed by atoms with Crippen LogP contribution in [0.2, 0.25) is 0 Å². The predicted molar refractivity (Wildman–Crippen MR) is 141 cm³/mol. The molecule has 37 heavy (non-hydrogen) atoms. The first-order chi connectivity index (χ1) is 17.7. The maximum atomic E-state index is 13.6. The van der Waals surface area contributed by atoms with E-state index >= 15 is 0 Å². The molecule has 2 amide bonds. The van der Waals surface area contributed by atoms with Gasteiger partial charge in [0.2, 0.25) is 5.91 Å². The topological polar surface area (TPSA) is 136 Å². The molecular weight excluding hydrogens is 492 g/mol. The van der Waals surface area contributed by atoms with E-state index in [1.54, 1.807) is 0 Å². The van der Waals surface area contributed by atoms with Gasteiger partial charge in [0.15, 0.2) is 0 Å². The highest BCUT2D eigenvalue weighted by molar-refractivity contribution is 7.87. The Morgan fingerprint density at radius 2 is 1.95 bits per heavy atom. The van der Waals surface area contributed by atoms with Crippen molar-refractivity contribution in [3.8, 4) is 6.07 Å². The van der Waals surface area contributed by atoms with Crippen molar-refractivity contribution in [3.05, 3.63) is 36.0 Å². The summed E-state index contributed by atoms with van der Waals surface area (Å²) in [5, 5.41) is 16.3. The van der Waals surface area contributed by atoms with Gasteiger partial charge in [-0.2, -0.15) is 18.0 Å². The van der Waals surface area contributed by atoms with Crippen LogP contribution in [0.5, 0.6) is 0 Å². The fourth-order valence-electron chi connectivity index (χ4n) is 5.35. The molecule has 2 aromatic rings. The molecule has 0 spiro atoms. The lowest BCUT2D eigenvalue weighted by molar-refractivity contribution is -0.127. The first-order valence-electron chi connectivity index (χ1n) is 13.0. The van der Waals surface area contributed by atoms with Crippen molar-refractivity contribution >= 4 is 32.9 Å². The SMILES string of the molecule is CC(C)C[C@@H](C#N)NC(=O)[C@@H]1CCCC[C@@H]1NC(=O)c1cc2ccccc2n1CCN1CCNS1(=O)=O. The predicted octanol–water partition coefficient (Wildman–Crippen LogP) is 2.13. The second kappa shape index (κ2) is 11.6. The van der Waals surface area contributed by atoms with E-state index in [4.69, 9.17) is 0 Å². The molecule has 1 aliphatic heterocycles. The number of rotatable bonds is 9. The number of benzene rings is 1. The van der Waals surface area contributed by atoms with Gasteiger partial charge in [0.05, 0.1) is 12.0 Å². The second-order valence-corrected chi connectivity index (χ2v) is 12.1. The number of fused-ring (bicyclic) bond motifs is 1. The third kappa shape index (κ3) is 6.32. The lowest BCUT2D eigenvalue weighted by atomic mass is 9.83. The lowest BCUT2D eigenvalue weighted by Crippen LogP contribution is -2.50. The molecule has 10 nitrogen and oxygen atoms in total. The fraction of sp³-hybridized carbons (Fsp3) is 0.577. The van der Waals surface area contributed by atoms with Crippen LogP contribution in [0, 0.1) is 23.2 Å². The Morgan fingerprint density at radius 3 is 2.65 bits per heavy atom. The third-order valence-electron chi connectivity index (χ3n) is 7.20. The minimum Gasteiger partial charge on any atom is -0.347 e. The van der Waals surface area contributed by atoms with E-state index < -0.39 is 22.2 Å². The molecule has 1 aliphatic carbocycles. The van der Waals surface area contributed by atoms with Crippen molar-refractivity contribution in [1.82, 2.24) is 24.2 Å². The van der Waals surface area contributed by atoms with Gasteiger partial charge in [0, 0.05) is 43.1 Å². The molecule has 4 rings (SSSR count). The van der Waals surface area contributed by atoms with E-state index in [-0.39, 0.29) is 30.3 Å². The number of nitriles is 1. The summed E-state index contributed by atoms with van der Waals surface area (Å²) in [7, 11) is -3.48. The summed E-state index contributed by atoms with van der Waals surface area (Å²) in [5.41, 5.74) is 1.28. The van der Waals surface area contributed by atoms with E-state index in [9.17, 15) is 23.3 Å². The number of nitrogens with zero attached hydrogens (tertiary/aromatic N) is 3. The van der Waals surface area contributed by atoms with Crippen molar-refractivity contribution in [2.75, 3.05) is 19.6 Å². The molecule has 2 aliphatic rings. The van der Waals surface area contributed by atoms with Crippen molar-refractivity contribution in [2.45, 2.75) is 64.6 Å². The van der Waals surface area contributed by atoms with Gasteiger partial charge in [0.25, 0.3) is 16.1 Å². The zero-order chi connectivity index (χ0) is 26.6. The Bertz CT molecular complexity index is 1280. The number of hydrogen-bond donors (Lipinski definition) is 3. The van der Waals surface area contributed by atoms with Crippen LogP contribution in [0.4, 0.5) is 0 Å². The molecule has 1 aromatic carbocycles. The minimum absolute atomic E-state index is 0.190. The van der Waals surface area contributed by atoms with Gasteiger partial charge in [-0.05, 0) is 37.3 Å². The van der Waals surface area contributed by atoms with Gasteiger partial charge in [-0.25, -0.2) is 4.72 Å². The molecule has 2 heterocycles. The van der Waals surface area contributed by atoms with Crippen LogP contribution in [-0.4, -0.2) is 60.8 Å². The number of carbonyl (C=O) groups is 2. The van der Waals surface area contributed by atoms with Crippen LogP contribution in [-0.2, 0) is 21.5 Å². The first-order valence-corrected chi connectivity index (χ1v) is 14.5. The highest BCUT2D eigenvalue weighted by Crippen LogP contribution is 2.27. The standard InChI is InChI=1S/C26H36N6O4S/c1-18(2)15-20(17-27)29-25(33)21-8-4-5-9-22(21)30-26(34)24-16-19-7-3-6-10-23(19)32(24)14-13-31-12-11-28-37(31,35)36/h3,6-7,10,16,18,20-22,28H,4-5,8-9,11-15H2,1-2H3,(H,29,33)(H,30,34)/t20-,21+,22-/m0/s1. The largest absolute Gasteiger partial charge is 0.347 e. The van der Waals surface area contributed by atoms with Crippen LogP contribution in [0.3, 0.4) is 0 Å². The highest BCUT2D eigenvalue weighted by Gasteiger charge is 2.34. The molecule has 3 atom stereocenters. The van der Waals surface area contributed by atoms with Gasteiger partial charge < -0.3 is 15.2 Å². The minimum atomic E-state index is -3.48. The molecule has 0 unspecified atom stereocenters. The molecule has 0 radical (unpaired) electrons. The van der Waals surface area contributed by atoms with Crippen molar-refractivity contribution in [1.29, 1.82) is 5.26 Å². The van der Waals surface area contributed by atoms with E-state index in [1.807, 2.05) is 48.7 Å². The Balaban J connectivity index is 1.52. The Hall–Kier alpha value is -2.94. The third-order valence-corrected chi connectivity index (χ3v) is 8.81. The Labute approximate surface area is 218 Å². The zero-order valence-corrected chi connectivity index (χ0v) is 22.3. The van der Waals surface area contributed by atoms with Crippen molar-refractivity contribution in [3.63, 3.8) is 0 Å². The van der Waals surface area contributed by atoms with Crippen LogP contribution >= 0.6 is 0 Å². The molecule has 200 valence electrons. The smallest absolute Gasteiger partial charge is 0.279 e. The molecule has 1 saturated carbocycles. The van der Waals surface area contributed by atoms with E-state index in [0.29, 0.717) is 44.6 Å². The Morgan fingerprint density at radius 1 is 1.19 bits per heavy atom. The second-order valence-electron chi connectivity index (χ2n) is 10.3. The summed E-state index contributed by atoms with van der Waals surface area (Å²) in [6.45, 7) is 5.35. The number of aromatic nitrogens is 1. The summed E-state index contributed by atoms with van der Waals surface area (Å²) in [5.74, 6) is -0.605. The molecule has 2 fully saturated rings. The molecule has 1 saturated heterocycles. The highest BCUT2D eigenvalue weighted by atomic mass is 32.2. The summed E-state index contributed by atoms with van der Waals surface area (Å²) < 4.78 is 30.1. The number of carbonyl (C=O) groups excluding carboxylic acids is 2. The maximum Gasteiger partial charge on any atom is 0.279 e. The van der Waals surface area contributed by atoms with Crippen molar-refractivity contribution in [2.24, 2.45) is 11.8 Å². The van der Waals surface area contributed by atoms with Crippen LogP contribution in [0.1, 0.15) is 56.4 Å². The fourth-order valence-corrected chi connectivity index (χ4v) is 6.53. The molecule has 0 bridgehead atoms. The van der Waals surface area contributed by atoms with Gasteiger partial charge in [0.1, 0.15) is 11.7 Å². The van der Waals surface area contributed by atoms with Gasteiger partial charge in [-0.15, -0.1) is 0 Å². The van der Waals surface area contributed by atoms with E-state index in [2.05, 4.69) is 21.4 Å². The first kappa shape index (κ1) is 27.1. The number of amides is 2. The monoisotopic (exact) mass is 528 g/mol. The average Bonchev–Trinajstić information content (AvgIpc) is 3.41. The molecule has 11 heteroatoms. The number of hydrogen-bond acceptors (Lipinski definition) is 5. The average molecular weight is 529 g/mol. The molecule has 1 aromatic heterocycles. The summed E-state index contributed by atoms with van der Waals surface area (Å²) in [6, 6.07) is 10.7.